The summed E-state index contributed by atoms with van der Waals surface area (Å²) >= 11 is 0. The fourth-order valence-electron chi connectivity index (χ4n) is 1.32. The highest BCUT2D eigenvalue weighted by molar-refractivity contribution is 5.77. The normalized spacial score (nSPS) is 12.2. The number of nitrogens with zero attached hydrogens (tertiary/aromatic N) is 3. The molecule has 0 bridgehead atoms. The van der Waals surface area contributed by atoms with Crippen molar-refractivity contribution in [2.75, 3.05) is 11.9 Å². The van der Waals surface area contributed by atoms with Crippen molar-refractivity contribution in [2.45, 2.75) is 26.3 Å². The minimum absolute atomic E-state index is 0.164. The highest BCUT2D eigenvalue weighted by Gasteiger charge is 2.12. The third-order valence-electron chi connectivity index (χ3n) is 2.30. The van der Waals surface area contributed by atoms with Crippen molar-refractivity contribution in [2.24, 2.45) is 5.73 Å². The van der Waals surface area contributed by atoms with E-state index in [1.165, 1.54) is 0 Å². The zero-order chi connectivity index (χ0) is 11.4. The van der Waals surface area contributed by atoms with Gasteiger partial charge in [0.15, 0.2) is 0 Å². The van der Waals surface area contributed by atoms with Crippen LogP contribution in [0.4, 0.5) is 5.82 Å². The van der Waals surface area contributed by atoms with Crippen LogP contribution in [0.3, 0.4) is 0 Å². The van der Waals surface area contributed by atoms with Gasteiger partial charge in [-0.1, -0.05) is 0 Å². The molecule has 0 aliphatic carbocycles. The molecule has 1 aromatic heterocycles. The summed E-state index contributed by atoms with van der Waals surface area (Å²) in [4.78, 5) is 10.3. The van der Waals surface area contributed by atoms with Crippen LogP contribution in [-0.2, 0) is 0 Å². The molecule has 0 spiro atoms. The Morgan fingerprint density at radius 2 is 2.33 bits per heavy atom. The second-order valence-corrected chi connectivity index (χ2v) is 3.65. The summed E-state index contributed by atoms with van der Waals surface area (Å²) in [7, 11) is 1.94. The Morgan fingerprint density at radius 3 is 2.87 bits per heavy atom. The molecule has 0 radical (unpaired) electrons. The topological polar surface area (TPSA) is 78.9 Å². The van der Waals surface area contributed by atoms with Gasteiger partial charge in [-0.15, -0.1) is 0 Å². The number of aromatic nitrogens is 2. The Morgan fingerprint density at radius 1 is 1.67 bits per heavy atom. The zero-order valence-electron chi connectivity index (χ0n) is 9.36. The lowest BCUT2D eigenvalue weighted by molar-refractivity contribution is 0.697. The van der Waals surface area contributed by atoms with Gasteiger partial charge in [0.25, 0.3) is 0 Å². The van der Waals surface area contributed by atoms with Crippen LogP contribution in [0.1, 0.15) is 19.2 Å². The molecule has 5 heteroatoms. The number of anilines is 1. The summed E-state index contributed by atoms with van der Waals surface area (Å²) in [5.74, 6) is 1.80. The Balaban J connectivity index is 2.75. The second kappa shape index (κ2) is 4.72. The molecular weight excluding hydrogens is 190 g/mol. The zero-order valence-corrected chi connectivity index (χ0v) is 9.36. The summed E-state index contributed by atoms with van der Waals surface area (Å²) < 4.78 is 0. The molecule has 1 rings (SSSR count). The molecule has 1 heterocycles. The van der Waals surface area contributed by atoms with E-state index in [9.17, 15) is 0 Å². The van der Waals surface area contributed by atoms with Crippen LogP contribution >= 0.6 is 0 Å². The van der Waals surface area contributed by atoms with Crippen LogP contribution in [0.15, 0.2) is 12.3 Å². The Hall–Kier alpha value is -1.65. The van der Waals surface area contributed by atoms with Crippen molar-refractivity contribution in [3.8, 4) is 0 Å². The Kier molecular flexibility index (Phi) is 3.60. The van der Waals surface area contributed by atoms with E-state index in [0.717, 1.165) is 11.6 Å². The number of aryl methyl sites for hydroxylation is 1. The molecule has 0 saturated heterocycles. The first kappa shape index (κ1) is 11.4. The summed E-state index contributed by atoms with van der Waals surface area (Å²) in [6.07, 6.45) is 2.27. The molecule has 1 unspecified atom stereocenters. The molecule has 1 atom stereocenters. The van der Waals surface area contributed by atoms with E-state index in [2.05, 4.69) is 9.97 Å². The van der Waals surface area contributed by atoms with Gasteiger partial charge in [-0.2, -0.15) is 0 Å². The molecule has 5 nitrogen and oxygen atoms in total. The maximum absolute atomic E-state index is 7.24. The van der Waals surface area contributed by atoms with Gasteiger partial charge in [0, 0.05) is 25.7 Å². The molecule has 0 aliphatic rings. The van der Waals surface area contributed by atoms with E-state index in [1.54, 1.807) is 6.20 Å². The predicted molar refractivity (Wildman–Crippen MR) is 61.2 cm³/mol. The van der Waals surface area contributed by atoms with E-state index in [-0.39, 0.29) is 11.9 Å². The van der Waals surface area contributed by atoms with Gasteiger partial charge >= 0.3 is 0 Å². The first-order valence-electron chi connectivity index (χ1n) is 4.86. The van der Waals surface area contributed by atoms with Crippen molar-refractivity contribution >= 4 is 11.7 Å². The molecule has 0 aliphatic heterocycles. The predicted octanol–water partition coefficient (Wildman–Crippen LogP) is 0.936. The fourth-order valence-corrected chi connectivity index (χ4v) is 1.32. The highest BCUT2D eigenvalue weighted by atomic mass is 15.2. The summed E-state index contributed by atoms with van der Waals surface area (Å²) in [5, 5.41) is 7.24. The third kappa shape index (κ3) is 3.19. The summed E-state index contributed by atoms with van der Waals surface area (Å²) in [6, 6.07) is 2.01. The van der Waals surface area contributed by atoms with Crippen LogP contribution in [0.5, 0.6) is 0 Å². The molecule has 82 valence electrons. The highest BCUT2D eigenvalue weighted by Crippen LogP contribution is 2.12. The molecule has 3 N–H and O–H groups in total. The Bertz CT molecular complexity index is 349. The average molecular weight is 207 g/mol. The van der Waals surface area contributed by atoms with Crippen molar-refractivity contribution in [3.63, 3.8) is 0 Å². The van der Waals surface area contributed by atoms with Crippen LogP contribution in [0.25, 0.3) is 0 Å². The summed E-state index contributed by atoms with van der Waals surface area (Å²) in [5.41, 5.74) is 5.36. The summed E-state index contributed by atoms with van der Waals surface area (Å²) in [6.45, 7) is 3.87. The fraction of sp³-hybridized carbons (Fsp3) is 0.500. The number of hydrogen-bond acceptors (Lipinski definition) is 4. The number of nitrogens with two attached hydrogens (primary N) is 1. The molecule has 0 fully saturated rings. The first-order chi connectivity index (χ1) is 7.00. The lowest BCUT2D eigenvalue weighted by Gasteiger charge is -2.25. The molecule has 0 aromatic carbocycles. The second-order valence-electron chi connectivity index (χ2n) is 3.65. The number of amidine groups is 1. The molecule has 1 aromatic rings. The van der Waals surface area contributed by atoms with Gasteiger partial charge in [-0.25, -0.2) is 9.97 Å². The van der Waals surface area contributed by atoms with Crippen LogP contribution in [0.2, 0.25) is 0 Å². The van der Waals surface area contributed by atoms with Crippen molar-refractivity contribution in [1.82, 2.24) is 9.97 Å². The minimum atomic E-state index is 0.164. The van der Waals surface area contributed by atoms with Gasteiger partial charge in [-0.3, -0.25) is 5.41 Å². The van der Waals surface area contributed by atoms with Crippen molar-refractivity contribution in [3.05, 3.63) is 18.1 Å². The van der Waals surface area contributed by atoms with Crippen LogP contribution in [0, 0.1) is 12.3 Å². The van der Waals surface area contributed by atoms with Crippen molar-refractivity contribution < 1.29 is 0 Å². The van der Waals surface area contributed by atoms with E-state index in [1.807, 2.05) is 31.9 Å². The molecular formula is C10H17N5. The first-order valence-corrected chi connectivity index (χ1v) is 4.86. The smallest absolute Gasteiger partial charge is 0.132 e. The average Bonchev–Trinajstić information content (AvgIpc) is 2.15. The molecule has 15 heavy (non-hydrogen) atoms. The largest absolute Gasteiger partial charge is 0.388 e. The van der Waals surface area contributed by atoms with Crippen molar-refractivity contribution in [1.29, 1.82) is 5.41 Å². The lowest BCUT2D eigenvalue weighted by atomic mass is 10.2. The van der Waals surface area contributed by atoms with E-state index >= 15 is 0 Å². The van der Waals surface area contributed by atoms with E-state index < -0.39 is 0 Å². The third-order valence-corrected chi connectivity index (χ3v) is 2.30. The minimum Gasteiger partial charge on any atom is -0.388 e. The SMILES string of the molecule is Cc1nccc(N(C)C(C)CC(=N)N)n1. The van der Waals surface area contributed by atoms with Gasteiger partial charge < -0.3 is 10.6 Å². The van der Waals surface area contributed by atoms with Gasteiger partial charge in [0.2, 0.25) is 0 Å². The molecule has 0 saturated carbocycles. The quantitative estimate of drug-likeness (QED) is 0.568. The maximum Gasteiger partial charge on any atom is 0.132 e. The van der Waals surface area contributed by atoms with Gasteiger partial charge in [0.1, 0.15) is 11.6 Å². The van der Waals surface area contributed by atoms with Gasteiger partial charge in [-0.05, 0) is 19.9 Å². The monoisotopic (exact) mass is 207 g/mol. The van der Waals surface area contributed by atoms with Crippen LogP contribution < -0.4 is 10.6 Å². The maximum atomic E-state index is 7.24. The van der Waals surface area contributed by atoms with E-state index in [4.69, 9.17) is 11.1 Å². The van der Waals surface area contributed by atoms with Gasteiger partial charge in [0.05, 0.1) is 5.84 Å². The number of nitrogens with one attached hydrogen (secondary N) is 1. The Labute approximate surface area is 89.8 Å². The molecule has 0 amide bonds. The van der Waals surface area contributed by atoms with Crippen LogP contribution in [-0.4, -0.2) is 28.9 Å². The number of rotatable bonds is 4. The standard InChI is InChI=1S/C10H17N5/c1-7(6-9(11)12)15(3)10-4-5-13-8(2)14-10/h4-5,7H,6H2,1-3H3,(H3,11,12). The van der Waals surface area contributed by atoms with E-state index in [0.29, 0.717) is 6.42 Å². The number of hydrogen-bond donors (Lipinski definition) is 2. The lowest BCUT2D eigenvalue weighted by Crippen LogP contribution is -2.33.